The minimum Gasteiger partial charge on any atom is -0.455 e. The number of fused-ring (bicyclic) bond motifs is 6. The number of furan rings is 1. The number of aryl methyl sites for hydroxylation is 2. The van der Waals surface area contributed by atoms with Crippen LogP contribution < -0.4 is 9.30 Å². The van der Waals surface area contributed by atoms with E-state index in [1.165, 1.54) is 33.5 Å². The Morgan fingerprint density at radius 1 is 0.811 bits per heavy atom. The van der Waals surface area contributed by atoms with Gasteiger partial charge >= 0.3 is 0 Å². The van der Waals surface area contributed by atoms with Crippen molar-refractivity contribution in [2.45, 2.75) is 68.2 Å². The zero-order chi connectivity index (χ0) is 26.4. The first-order valence-corrected chi connectivity index (χ1v) is 13.4. The van der Waals surface area contributed by atoms with Crippen LogP contribution in [0, 0.1) is 24.7 Å². The standard InChI is InChI=1S/C34H38NO2/c1-19-14-22(18-34(6,7)8)31-28(20(19)2)30-29-24(12-13-35(30)9)32-25(16-27(29)37-31)23-11-10-21(15-26(23)36-32)17-33(3,4)5/h10-16H,17-18H2,1-9H3/q+1. The van der Waals surface area contributed by atoms with Crippen molar-refractivity contribution >= 4 is 32.7 Å². The molecule has 1 aliphatic rings. The van der Waals surface area contributed by atoms with Gasteiger partial charge in [-0.15, -0.1) is 0 Å². The van der Waals surface area contributed by atoms with Gasteiger partial charge in [0.1, 0.15) is 35.1 Å². The van der Waals surface area contributed by atoms with E-state index >= 15 is 0 Å². The van der Waals surface area contributed by atoms with E-state index in [2.05, 4.69) is 110 Å². The van der Waals surface area contributed by atoms with Crippen LogP contribution >= 0.6 is 0 Å². The zero-order valence-corrected chi connectivity index (χ0v) is 23.7. The maximum absolute atomic E-state index is 6.88. The van der Waals surface area contributed by atoms with Crippen molar-refractivity contribution in [1.29, 1.82) is 0 Å². The average molecular weight is 493 g/mol. The van der Waals surface area contributed by atoms with Crippen molar-refractivity contribution in [3.8, 4) is 22.8 Å². The summed E-state index contributed by atoms with van der Waals surface area (Å²) in [5.41, 5.74) is 9.85. The number of benzene rings is 3. The lowest BCUT2D eigenvalue weighted by Crippen LogP contribution is -2.32. The molecule has 0 spiro atoms. The maximum atomic E-state index is 6.88. The van der Waals surface area contributed by atoms with Gasteiger partial charge in [0.15, 0.2) is 6.20 Å². The van der Waals surface area contributed by atoms with E-state index in [1.807, 2.05) is 0 Å². The molecule has 3 heteroatoms. The molecular formula is C34H38NO2+. The highest BCUT2D eigenvalue weighted by Gasteiger charge is 2.34. The van der Waals surface area contributed by atoms with Gasteiger partial charge in [0.2, 0.25) is 5.69 Å². The second-order valence-electron chi connectivity index (χ2n) is 13.5. The van der Waals surface area contributed by atoms with Crippen molar-refractivity contribution in [1.82, 2.24) is 0 Å². The molecule has 1 aliphatic heterocycles. The molecule has 37 heavy (non-hydrogen) atoms. The third-order valence-corrected chi connectivity index (χ3v) is 7.66. The molecule has 0 fully saturated rings. The monoisotopic (exact) mass is 492 g/mol. The Morgan fingerprint density at radius 3 is 2.24 bits per heavy atom. The van der Waals surface area contributed by atoms with Gasteiger partial charge in [0.05, 0.1) is 5.56 Å². The summed E-state index contributed by atoms with van der Waals surface area (Å²) in [5, 5.41) is 4.50. The SMILES string of the molecule is Cc1cc(CC(C)(C)C)c2c(c1C)-c1c3c(cc4c5ccc(CC(C)(C)C)cc5oc4c3cc[n+]1C)O2. The quantitative estimate of drug-likeness (QED) is 0.225. The molecule has 6 rings (SSSR count). The molecule has 0 saturated carbocycles. The summed E-state index contributed by atoms with van der Waals surface area (Å²) in [7, 11) is 2.14. The highest BCUT2D eigenvalue weighted by Crippen LogP contribution is 2.52. The molecule has 3 heterocycles. The van der Waals surface area contributed by atoms with E-state index in [9.17, 15) is 0 Å². The van der Waals surface area contributed by atoms with Crippen LogP contribution in [0.25, 0.3) is 44.0 Å². The van der Waals surface area contributed by atoms with Crippen LogP contribution in [0.15, 0.2) is 47.0 Å². The first-order chi connectivity index (χ1) is 17.3. The maximum Gasteiger partial charge on any atom is 0.228 e. The fourth-order valence-electron chi connectivity index (χ4n) is 6.08. The van der Waals surface area contributed by atoms with E-state index in [-0.39, 0.29) is 10.8 Å². The Bertz CT molecular complexity index is 1740. The van der Waals surface area contributed by atoms with Crippen LogP contribution in [-0.4, -0.2) is 0 Å². The van der Waals surface area contributed by atoms with Gasteiger partial charge in [-0.3, -0.25) is 0 Å². The normalized spacial score (nSPS) is 13.4. The number of ether oxygens (including phenoxy) is 1. The van der Waals surface area contributed by atoms with E-state index in [4.69, 9.17) is 9.15 Å². The molecular weight excluding hydrogens is 454 g/mol. The van der Waals surface area contributed by atoms with Gasteiger partial charge in [0.25, 0.3) is 0 Å². The van der Waals surface area contributed by atoms with Crippen molar-refractivity contribution in [2.75, 3.05) is 0 Å². The van der Waals surface area contributed by atoms with Crippen molar-refractivity contribution in [3.05, 3.63) is 64.8 Å². The second-order valence-corrected chi connectivity index (χ2v) is 13.5. The topological polar surface area (TPSA) is 26.2 Å². The summed E-state index contributed by atoms with van der Waals surface area (Å²) in [4.78, 5) is 0. The van der Waals surface area contributed by atoms with Gasteiger partial charge in [0, 0.05) is 22.2 Å². The number of hydrogen-bond donors (Lipinski definition) is 0. The number of pyridine rings is 1. The van der Waals surface area contributed by atoms with Crippen molar-refractivity contribution in [3.63, 3.8) is 0 Å². The van der Waals surface area contributed by atoms with Crippen molar-refractivity contribution in [2.24, 2.45) is 17.9 Å². The van der Waals surface area contributed by atoms with Crippen LogP contribution in [-0.2, 0) is 19.9 Å². The number of nitrogens with zero attached hydrogens (tertiary/aromatic N) is 1. The Balaban J connectivity index is 1.66. The van der Waals surface area contributed by atoms with Gasteiger partial charge < -0.3 is 9.15 Å². The molecule has 0 aliphatic carbocycles. The average Bonchev–Trinajstić information content (AvgIpc) is 3.14. The predicted octanol–water partition coefficient (Wildman–Crippen LogP) is 9.13. The molecule has 0 N–H and O–H groups in total. The highest BCUT2D eigenvalue weighted by molar-refractivity contribution is 6.19. The number of hydrogen-bond acceptors (Lipinski definition) is 2. The van der Waals surface area contributed by atoms with Gasteiger partial charge in [-0.05, 0) is 71.9 Å². The molecule has 3 nitrogen and oxygen atoms in total. The predicted molar refractivity (Wildman–Crippen MR) is 154 cm³/mol. The minimum atomic E-state index is 0.156. The number of aromatic nitrogens is 1. The highest BCUT2D eigenvalue weighted by atomic mass is 16.5. The summed E-state index contributed by atoms with van der Waals surface area (Å²) in [5.74, 6) is 1.93. The summed E-state index contributed by atoms with van der Waals surface area (Å²) in [6.45, 7) is 18.1. The molecule has 5 aromatic rings. The third kappa shape index (κ3) is 3.91. The first-order valence-electron chi connectivity index (χ1n) is 13.4. The van der Waals surface area contributed by atoms with Crippen molar-refractivity contribution < 1.29 is 13.7 Å². The minimum absolute atomic E-state index is 0.156. The van der Waals surface area contributed by atoms with Crippen LogP contribution in [0.3, 0.4) is 0 Å². The fourth-order valence-corrected chi connectivity index (χ4v) is 6.08. The van der Waals surface area contributed by atoms with Crippen LogP contribution in [0.4, 0.5) is 0 Å². The summed E-state index contributed by atoms with van der Waals surface area (Å²) in [6, 6.07) is 13.4. The molecule has 0 radical (unpaired) electrons. The van der Waals surface area contributed by atoms with Gasteiger partial charge in [-0.25, -0.2) is 4.57 Å². The zero-order valence-electron chi connectivity index (χ0n) is 23.7. The Labute approximate surface area is 220 Å². The molecule has 190 valence electrons. The second kappa shape index (κ2) is 7.84. The molecule has 0 unspecified atom stereocenters. The van der Waals surface area contributed by atoms with Gasteiger partial charge in [-0.2, -0.15) is 0 Å². The molecule has 3 aromatic carbocycles. The van der Waals surface area contributed by atoms with Gasteiger partial charge in [-0.1, -0.05) is 59.7 Å². The Hall–Kier alpha value is -3.33. The van der Waals surface area contributed by atoms with E-state index in [1.54, 1.807) is 0 Å². The Kier molecular flexibility index (Phi) is 5.09. The lowest BCUT2D eigenvalue weighted by Gasteiger charge is -2.27. The lowest BCUT2D eigenvalue weighted by atomic mass is 9.83. The summed E-state index contributed by atoms with van der Waals surface area (Å²) < 4.78 is 15.7. The third-order valence-electron chi connectivity index (χ3n) is 7.66. The molecule has 0 amide bonds. The summed E-state index contributed by atoms with van der Waals surface area (Å²) >= 11 is 0. The fraction of sp³-hybridized carbons (Fsp3) is 0.382. The molecule has 0 atom stereocenters. The molecule has 0 bridgehead atoms. The van der Waals surface area contributed by atoms with Crippen LogP contribution in [0.2, 0.25) is 0 Å². The Morgan fingerprint density at radius 2 is 1.54 bits per heavy atom. The van der Waals surface area contributed by atoms with Crippen LogP contribution in [0.1, 0.15) is 63.8 Å². The van der Waals surface area contributed by atoms with E-state index < -0.39 is 0 Å². The lowest BCUT2D eigenvalue weighted by molar-refractivity contribution is -0.659. The van der Waals surface area contributed by atoms with E-state index in [0.717, 1.165) is 57.1 Å². The van der Waals surface area contributed by atoms with E-state index in [0.29, 0.717) is 0 Å². The largest absolute Gasteiger partial charge is 0.455 e. The molecule has 2 aromatic heterocycles. The van der Waals surface area contributed by atoms with Crippen LogP contribution in [0.5, 0.6) is 11.5 Å². The first kappa shape index (κ1) is 24.0. The smallest absolute Gasteiger partial charge is 0.228 e. The number of rotatable bonds is 2. The molecule has 0 saturated heterocycles. The summed E-state index contributed by atoms with van der Waals surface area (Å²) in [6.07, 6.45) is 4.14.